The monoisotopic (exact) mass is 252 g/mol. The van der Waals surface area contributed by atoms with Gasteiger partial charge in [0.1, 0.15) is 0 Å². The molecule has 0 spiro atoms. The molecule has 2 aromatic rings. The first-order valence-electron chi connectivity index (χ1n) is 5.46. The number of benzene rings is 1. The van der Waals surface area contributed by atoms with Gasteiger partial charge in [-0.3, -0.25) is 4.57 Å². The molecule has 1 aromatic heterocycles. The molecule has 0 unspecified atom stereocenters. The maximum atomic E-state index is 11.8. The third-order valence-electron chi connectivity index (χ3n) is 3.20. The van der Waals surface area contributed by atoms with Gasteiger partial charge in [0.2, 0.25) is 0 Å². The van der Waals surface area contributed by atoms with Crippen LogP contribution in [0.3, 0.4) is 0 Å². The SMILES string of the molecule is O=c1[nH]c2ccccc2n1[C@H]1CCS(=O)(=O)C1. The van der Waals surface area contributed by atoms with Crippen LogP contribution in [0.1, 0.15) is 12.5 Å². The van der Waals surface area contributed by atoms with Crippen molar-refractivity contribution in [1.29, 1.82) is 0 Å². The third kappa shape index (κ3) is 1.68. The zero-order valence-electron chi connectivity index (χ0n) is 9.09. The van der Waals surface area contributed by atoms with Crippen LogP contribution >= 0.6 is 0 Å². The van der Waals surface area contributed by atoms with E-state index in [0.29, 0.717) is 6.42 Å². The number of rotatable bonds is 1. The molecule has 1 aliphatic heterocycles. The number of imidazole rings is 1. The molecule has 0 amide bonds. The Morgan fingerprint density at radius 2 is 2.06 bits per heavy atom. The summed E-state index contributed by atoms with van der Waals surface area (Å²) in [6.45, 7) is 0. The molecule has 5 nitrogen and oxygen atoms in total. The Morgan fingerprint density at radius 3 is 2.76 bits per heavy atom. The van der Waals surface area contributed by atoms with Crippen molar-refractivity contribution in [3.05, 3.63) is 34.7 Å². The second kappa shape index (κ2) is 3.46. The van der Waals surface area contributed by atoms with Gasteiger partial charge >= 0.3 is 5.69 Å². The summed E-state index contributed by atoms with van der Waals surface area (Å²) in [5.41, 5.74) is 1.30. The van der Waals surface area contributed by atoms with Crippen molar-refractivity contribution in [3.8, 4) is 0 Å². The molecule has 2 heterocycles. The maximum absolute atomic E-state index is 11.8. The van der Waals surface area contributed by atoms with Gasteiger partial charge in [0.25, 0.3) is 0 Å². The van der Waals surface area contributed by atoms with Crippen molar-refractivity contribution in [3.63, 3.8) is 0 Å². The summed E-state index contributed by atoms with van der Waals surface area (Å²) >= 11 is 0. The number of sulfone groups is 1. The molecule has 0 aliphatic carbocycles. The number of nitrogens with zero attached hydrogens (tertiary/aromatic N) is 1. The minimum Gasteiger partial charge on any atom is -0.306 e. The average molecular weight is 252 g/mol. The summed E-state index contributed by atoms with van der Waals surface area (Å²) < 4.78 is 24.5. The van der Waals surface area contributed by atoms with Gasteiger partial charge in [0.15, 0.2) is 9.84 Å². The van der Waals surface area contributed by atoms with Gasteiger partial charge in [-0.1, -0.05) is 12.1 Å². The Morgan fingerprint density at radius 1 is 1.29 bits per heavy atom. The van der Waals surface area contributed by atoms with E-state index in [1.807, 2.05) is 24.3 Å². The van der Waals surface area contributed by atoms with E-state index in [1.54, 1.807) is 4.57 Å². The highest BCUT2D eigenvalue weighted by Gasteiger charge is 2.30. The highest BCUT2D eigenvalue weighted by Crippen LogP contribution is 2.25. The highest BCUT2D eigenvalue weighted by molar-refractivity contribution is 7.91. The minimum atomic E-state index is -2.98. The fraction of sp³-hybridized carbons (Fsp3) is 0.364. The number of H-pyrrole nitrogens is 1. The number of hydrogen-bond acceptors (Lipinski definition) is 3. The lowest BCUT2D eigenvalue weighted by Gasteiger charge is -2.09. The van der Waals surface area contributed by atoms with Crippen LogP contribution in [-0.2, 0) is 9.84 Å². The van der Waals surface area contributed by atoms with Gasteiger partial charge in [-0.05, 0) is 18.6 Å². The smallest absolute Gasteiger partial charge is 0.306 e. The number of fused-ring (bicyclic) bond motifs is 1. The second-order valence-corrected chi connectivity index (χ2v) is 6.60. The number of aromatic amines is 1. The molecule has 1 atom stereocenters. The van der Waals surface area contributed by atoms with Crippen LogP contribution in [0.4, 0.5) is 0 Å². The minimum absolute atomic E-state index is 0.0642. The molecule has 1 aromatic carbocycles. The van der Waals surface area contributed by atoms with Crippen molar-refractivity contribution in [2.75, 3.05) is 11.5 Å². The molecule has 3 rings (SSSR count). The van der Waals surface area contributed by atoms with E-state index >= 15 is 0 Å². The molecule has 1 N–H and O–H groups in total. The van der Waals surface area contributed by atoms with Gasteiger partial charge in [0, 0.05) is 0 Å². The van der Waals surface area contributed by atoms with Gasteiger partial charge < -0.3 is 4.98 Å². The van der Waals surface area contributed by atoms with Crippen molar-refractivity contribution in [1.82, 2.24) is 9.55 Å². The summed E-state index contributed by atoms with van der Waals surface area (Å²) in [6.07, 6.45) is 0.518. The van der Waals surface area contributed by atoms with Gasteiger partial charge in [-0.25, -0.2) is 13.2 Å². The largest absolute Gasteiger partial charge is 0.326 e. The van der Waals surface area contributed by atoms with Gasteiger partial charge in [-0.2, -0.15) is 0 Å². The van der Waals surface area contributed by atoms with Crippen LogP contribution in [0, 0.1) is 0 Å². The lowest BCUT2D eigenvalue weighted by Crippen LogP contribution is -2.23. The molecule has 0 saturated carbocycles. The summed E-state index contributed by atoms with van der Waals surface area (Å²) in [7, 11) is -2.98. The van der Waals surface area contributed by atoms with Crippen LogP contribution in [0.5, 0.6) is 0 Å². The van der Waals surface area contributed by atoms with E-state index in [1.165, 1.54) is 0 Å². The van der Waals surface area contributed by atoms with Crippen LogP contribution in [0.15, 0.2) is 29.1 Å². The predicted octanol–water partition coefficient (Wildman–Crippen LogP) is 0.689. The summed E-state index contributed by atoms with van der Waals surface area (Å²) in [4.78, 5) is 14.6. The topological polar surface area (TPSA) is 71.9 Å². The first-order chi connectivity index (χ1) is 8.07. The van der Waals surface area contributed by atoms with E-state index in [4.69, 9.17) is 0 Å². The fourth-order valence-electron chi connectivity index (χ4n) is 2.42. The fourth-order valence-corrected chi connectivity index (χ4v) is 4.12. The van der Waals surface area contributed by atoms with E-state index in [9.17, 15) is 13.2 Å². The normalized spacial score (nSPS) is 23.2. The Balaban J connectivity index is 2.18. The van der Waals surface area contributed by atoms with Crippen molar-refractivity contribution < 1.29 is 8.42 Å². The van der Waals surface area contributed by atoms with Crippen LogP contribution in [0.25, 0.3) is 11.0 Å². The average Bonchev–Trinajstić information content (AvgIpc) is 2.77. The van der Waals surface area contributed by atoms with Crippen molar-refractivity contribution in [2.24, 2.45) is 0 Å². The summed E-state index contributed by atoms with van der Waals surface area (Å²) in [5.74, 6) is 0.234. The van der Waals surface area contributed by atoms with Crippen molar-refractivity contribution in [2.45, 2.75) is 12.5 Å². The second-order valence-electron chi connectivity index (χ2n) is 4.37. The molecule has 90 valence electrons. The summed E-state index contributed by atoms with van der Waals surface area (Å²) in [5, 5.41) is 0. The van der Waals surface area contributed by atoms with E-state index in [2.05, 4.69) is 4.98 Å². The Labute approximate surface area is 98.0 Å². The molecule has 17 heavy (non-hydrogen) atoms. The molecular formula is C11H12N2O3S. The zero-order valence-corrected chi connectivity index (χ0v) is 9.90. The molecular weight excluding hydrogens is 240 g/mol. The van der Waals surface area contributed by atoms with Crippen LogP contribution in [0.2, 0.25) is 0 Å². The number of para-hydroxylation sites is 2. The standard InChI is InChI=1S/C11H12N2O3S/c14-11-12-9-3-1-2-4-10(9)13(11)8-5-6-17(15,16)7-8/h1-4,8H,5-7H2,(H,12,14)/t8-/m0/s1. The molecule has 1 fully saturated rings. The predicted molar refractivity (Wildman–Crippen MR) is 64.9 cm³/mol. The first kappa shape index (κ1) is 10.6. The number of aromatic nitrogens is 2. The molecule has 1 aliphatic rings. The Kier molecular flexibility index (Phi) is 2.16. The van der Waals surface area contributed by atoms with Gasteiger partial charge in [-0.15, -0.1) is 0 Å². The first-order valence-corrected chi connectivity index (χ1v) is 7.29. The number of hydrogen-bond donors (Lipinski definition) is 1. The van der Waals surface area contributed by atoms with Crippen LogP contribution in [-0.4, -0.2) is 29.5 Å². The van der Waals surface area contributed by atoms with E-state index in [-0.39, 0.29) is 23.2 Å². The summed E-state index contributed by atoms with van der Waals surface area (Å²) in [6, 6.07) is 7.10. The quantitative estimate of drug-likeness (QED) is 0.811. The number of nitrogens with one attached hydrogen (secondary N) is 1. The van der Waals surface area contributed by atoms with Gasteiger partial charge in [0.05, 0.1) is 28.6 Å². The lowest BCUT2D eigenvalue weighted by atomic mass is 10.2. The third-order valence-corrected chi connectivity index (χ3v) is 4.95. The molecule has 1 saturated heterocycles. The molecule has 0 radical (unpaired) electrons. The van der Waals surface area contributed by atoms with E-state index < -0.39 is 9.84 Å². The molecule has 6 heteroatoms. The molecule has 0 bridgehead atoms. The lowest BCUT2D eigenvalue weighted by molar-refractivity contribution is 0.554. The Bertz CT molecular complexity index is 726. The maximum Gasteiger partial charge on any atom is 0.326 e. The Hall–Kier alpha value is -1.56. The van der Waals surface area contributed by atoms with E-state index in [0.717, 1.165) is 11.0 Å². The highest BCUT2D eigenvalue weighted by atomic mass is 32.2. The van der Waals surface area contributed by atoms with Crippen LogP contribution < -0.4 is 5.69 Å². The van der Waals surface area contributed by atoms with Crippen molar-refractivity contribution >= 4 is 20.9 Å². The zero-order chi connectivity index (χ0) is 12.0.